The Hall–Kier alpha value is -0.670. The molecular formula is C17H27NOS. The Bertz CT molecular complexity index is 484. The van der Waals surface area contributed by atoms with Crippen LogP contribution in [0.4, 0.5) is 0 Å². The molecule has 0 heterocycles. The van der Waals surface area contributed by atoms with Gasteiger partial charge in [-0.05, 0) is 46.1 Å². The zero-order valence-corrected chi connectivity index (χ0v) is 14.0. The molecule has 1 aromatic carbocycles. The molecule has 1 aliphatic carbocycles. The highest BCUT2D eigenvalue weighted by atomic mass is 32.2. The number of aryl methyl sites for hydroxylation is 1. The lowest BCUT2D eigenvalue weighted by molar-refractivity contribution is 0.276. The Balaban J connectivity index is 2.33. The molecule has 0 spiro atoms. The highest BCUT2D eigenvalue weighted by Gasteiger charge is 2.37. The number of rotatable bonds is 3. The maximum absolute atomic E-state index is 12.6. The van der Waals surface area contributed by atoms with E-state index in [0.717, 1.165) is 12.8 Å². The molecule has 1 aliphatic rings. The lowest BCUT2D eigenvalue weighted by atomic mass is 9.77. The Morgan fingerprint density at radius 3 is 2.35 bits per heavy atom. The lowest BCUT2D eigenvalue weighted by Gasteiger charge is -2.40. The van der Waals surface area contributed by atoms with Gasteiger partial charge in [0, 0.05) is 0 Å². The third kappa shape index (κ3) is 3.50. The fourth-order valence-corrected chi connectivity index (χ4v) is 3.86. The largest absolute Gasteiger partial charge is 0.242 e. The first-order chi connectivity index (χ1) is 9.33. The van der Waals surface area contributed by atoms with Crippen LogP contribution < -0.4 is 4.72 Å². The van der Waals surface area contributed by atoms with Crippen LogP contribution in [0.1, 0.15) is 64.0 Å². The van der Waals surface area contributed by atoms with E-state index in [1.54, 1.807) is 0 Å². The lowest BCUT2D eigenvalue weighted by Crippen LogP contribution is -2.49. The minimum Gasteiger partial charge on any atom is -0.242 e. The average Bonchev–Trinajstić information content (AvgIpc) is 2.38. The Labute approximate surface area is 125 Å². The van der Waals surface area contributed by atoms with Crippen molar-refractivity contribution in [3.63, 3.8) is 0 Å². The van der Waals surface area contributed by atoms with E-state index in [9.17, 15) is 4.21 Å². The van der Waals surface area contributed by atoms with Gasteiger partial charge in [0.1, 0.15) is 0 Å². The molecule has 20 heavy (non-hydrogen) atoms. The molecule has 0 bridgehead atoms. The van der Waals surface area contributed by atoms with Gasteiger partial charge in [0.25, 0.3) is 0 Å². The monoisotopic (exact) mass is 293 g/mol. The van der Waals surface area contributed by atoms with Crippen LogP contribution in [0.5, 0.6) is 0 Å². The van der Waals surface area contributed by atoms with E-state index in [1.165, 1.54) is 30.4 Å². The van der Waals surface area contributed by atoms with Crippen molar-refractivity contribution in [3.05, 3.63) is 35.4 Å². The number of hydrogen-bond acceptors (Lipinski definition) is 1. The maximum Gasteiger partial charge on any atom is 0.0978 e. The first-order valence-corrected chi connectivity index (χ1v) is 8.75. The molecule has 1 fully saturated rings. The summed E-state index contributed by atoms with van der Waals surface area (Å²) in [6, 6.07) is 8.67. The first-order valence-electron chi connectivity index (χ1n) is 7.60. The van der Waals surface area contributed by atoms with Gasteiger partial charge in [-0.1, -0.05) is 49.1 Å². The minimum atomic E-state index is -1.03. The minimum absolute atomic E-state index is 0.109. The van der Waals surface area contributed by atoms with E-state index < -0.39 is 11.0 Å². The highest BCUT2D eigenvalue weighted by Crippen LogP contribution is 2.38. The van der Waals surface area contributed by atoms with Gasteiger partial charge in [-0.15, -0.1) is 0 Å². The van der Waals surface area contributed by atoms with Crippen LogP contribution in [0.25, 0.3) is 0 Å². The van der Waals surface area contributed by atoms with E-state index in [-0.39, 0.29) is 10.3 Å². The van der Waals surface area contributed by atoms with E-state index >= 15 is 0 Å². The predicted molar refractivity (Wildman–Crippen MR) is 87.0 cm³/mol. The summed E-state index contributed by atoms with van der Waals surface area (Å²) >= 11 is 0. The SMILES string of the molecule is Cc1cccc(C2(NS(=O)C(C)(C)C)CCCCC2)c1. The van der Waals surface area contributed by atoms with Crippen LogP contribution in [0.2, 0.25) is 0 Å². The van der Waals surface area contributed by atoms with Gasteiger partial charge in [-0.2, -0.15) is 0 Å². The zero-order valence-electron chi connectivity index (χ0n) is 13.2. The summed E-state index contributed by atoms with van der Waals surface area (Å²) in [7, 11) is -1.03. The molecule has 1 N–H and O–H groups in total. The molecule has 0 aromatic heterocycles. The standard InChI is InChI=1S/C17H27NOS/c1-14-9-8-10-15(13-14)17(11-6-5-7-12-17)18-20(19)16(2,3)4/h8-10,13,18H,5-7,11-12H2,1-4H3. The van der Waals surface area contributed by atoms with Crippen molar-refractivity contribution in [1.82, 2.24) is 4.72 Å². The third-order valence-electron chi connectivity index (χ3n) is 4.12. The van der Waals surface area contributed by atoms with Crippen molar-refractivity contribution in [1.29, 1.82) is 0 Å². The molecule has 2 nitrogen and oxygen atoms in total. The molecule has 1 unspecified atom stereocenters. The van der Waals surface area contributed by atoms with Crippen LogP contribution in [-0.2, 0) is 16.5 Å². The van der Waals surface area contributed by atoms with Crippen molar-refractivity contribution < 1.29 is 4.21 Å². The van der Waals surface area contributed by atoms with Gasteiger partial charge in [0.2, 0.25) is 0 Å². The summed E-state index contributed by atoms with van der Waals surface area (Å²) in [6.07, 6.45) is 5.87. The summed E-state index contributed by atoms with van der Waals surface area (Å²) in [5.74, 6) is 0. The Morgan fingerprint density at radius 1 is 1.15 bits per heavy atom. The predicted octanol–water partition coefficient (Wildman–Crippen LogP) is 4.21. The quantitative estimate of drug-likeness (QED) is 0.889. The van der Waals surface area contributed by atoms with Gasteiger partial charge in [-0.3, -0.25) is 0 Å². The van der Waals surface area contributed by atoms with Crippen molar-refractivity contribution in [2.24, 2.45) is 0 Å². The second-order valence-electron chi connectivity index (χ2n) is 7.00. The summed E-state index contributed by atoms with van der Waals surface area (Å²) in [4.78, 5) is 0. The van der Waals surface area contributed by atoms with Crippen LogP contribution in [0.15, 0.2) is 24.3 Å². The fourth-order valence-electron chi connectivity index (χ4n) is 2.88. The normalized spacial score (nSPS) is 20.6. The van der Waals surface area contributed by atoms with Crippen LogP contribution in [0, 0.1) is 6.92 Å². The van der Waals surface area contributed by atoms with Gasteiger partial charge in [0.05, 0.1) is 21.3 Å². The van der Waals surface area contributed by atoms with Crippen molar-refractivity contribution in [3.8, 4) is 0 Å². The summed E-state index contributed by atoms with van der Waals surface area (Å²) in [6.45, 7) is 8.22. The van der Waals surface area contributed by atoms with Gasteiger partial charge in [0.15, 0.2) is 0 Å². The molecule has 1 aromatic rings. The summed E-state index contributed by atoms with van der Waals surface area (Å²) in [5.41, 5.74) is 2.47. The van der Waals surface area contributed by atoms with Gasteiger partial charge >= 0.3 is 0 Å². The number of benzene rings is 1. The third-order valence-corrected chi connectivity index (χ3v) is 5.81. The van der Waals surface area contributed by atoms with E-state index in [1.807, 2.05) is 20.8 Å². The Morgan fingerprint density at radius 2 is 1.80 bits per heavy atom. The van der Waals surface area contributed by atoms with Crippen LogP contribution in [0.3, 0.4) is 0 Å². The second kappa shape index (κ2) is 5.98. The van der Waals surface area contributed by atoms with E-state index in [4.69, 9.17) is 0 Å². The molecule has 0 amide bonds. The maximum atomic E-state index is 12.6. The van der Waals surface area contributed by atoms with Gasteiger partial charge in [-0.25, -0.2) is 8.93 Å². The zero-order chi connectivity index (χ0) is 14.8. The van der Waals surface area contributed by atoms with E-state index in [0.29, 0.717) is 0 Å². The molecule has 1 atom stereocenters. The molecule has 0 radical (unpaired) electrons. The average molecular weight is 293 g/mol. The second-order valence-corrected chi connectivity index (χ2v) is 8.96. The van der Waals surface area contributed by atoms with Crippen LogP contribution in [-0.4, -0.2) is 8.96 Å². The molecule has 2 rings (SSSR count). The number of hydrogen-bond donors (Lipinski definition) is 1. The van der Waals surface area contributed by atoms with Crippen molar-refractivity contribution in [2.45, 2.75) is 70.1 Å². The molecule has 0 aliphatic heterocycles. The van der Waals surface area contributed by atoms with Crippen LogP contribution >= 0.6 is 0 Å². The van der Waals surface area contributed by atoms with Crippen molar-refractivity contribution in [2.75, 3.05) is 0 Å². The first kappa shape index (κ1) is 15.7. The van der Waals surface area contributed by atoms with Gasteiger partial charge < -0.3 is 0 Å². The van der Waals surface area contributed by atoms with E-state index in [2.05, 4.69) is 35.9 Å². The molecular weight excluding hydrogens is 266 g/mol. The summed E-state index contributed by atoms with van der Waals surface area (Å²) in [5, 5.41) is 0. The molecule has 112 valence electrons. The smallest absolute Gasteiger partial charge is 0.0978 e. The topological polar surface area (TPSA) is 29.1 Å². The van der Waals surface area contributed by atoms with Crippen molar-refractivity contribution >= 4 is 11.0 Å². The number of nitrogens with one attached hydrogen (secondary N) is 1. The molecule has 3 heteroatoms. The fraction of sp³-hybridized carbons (Fsp3) is 0.647. The molecule has 0 saturated heterocycles. The summed E-state index contributed by atoms with van der Waals surface area (Å²) < 4.78 is 15.9. The highest BCUT2D eigenvalue weighted by molar-refractivity contribution is 7.84. The molecule has 1 saturated carbocycles. The Kier molecular flexibility index (Phi) is 4.70.